The zero-order chi connectivity index (χ0) is 9.26. The molecule has 0 radical (unpaired) electrons. The molecule has 0 bridgehead atoms. The Morgan fingerprint density at radius 1 is 1.38 bits per heavy atom. The first kappa shape index (κ1) is 8.16. The first-order valence-electron chi connectivity index (χ1n) is 4.41. The number of hydrogen-bond acceptors (Lipinski definition) is 3. The van der Waals surface area contributed by atoms with E-state index in [1.165, 1.54) is 0 Å². The van der Waals surface area contributed by atoms with Gasteiger partial charge < -0.3 is 4.90 Å². The highest BCUT2D eigenvalue weighted by molar-refractivity contribution is 5.97. The molecule has 2 heterocycles. The molecule has 4 nitrogen and oxygen atoms in total. The lowest BCUT2D eigenvalue weighted by Crippen LogP contribution is -2.23. The van der Waals surface area contributed by atoms with Crippen LogP contribution >= 0.6 is 0 Å². The summed E-state index contributed by atoms with van der Waals surface area (Å²) in [5.74, 6) is 1.45. The van der Waals surface area contributed by atoms with Crippen molar-refractivity contribution in [2.45, 2.75) is 19.8 Å². The fourth-order valence-electron chi connectivity index (χ4n) is 1.48. The van der Waals surface area contributed by atoms with E-state index >= 15 is 0 Å². The average molecular weight is 176 g/mol. The van der Waals surface area contributed by atoms with Crippen LogP contribution in [0.3, 0.4) is 0 Å². The Morgan fingerprint density at radius 3 is 2.62 bits per heavy atom. The van der Waals surface area contributed by atoms with Crippen LogP contribution in [0.1, 0.15) is 18.7 Å². The Kier molecular flexibility index (Phi) is 1.96. The monoisotopic (exact) mass is 176 g/mol. The Morgan fingerprint density at radius 2 is 2.08 bits per heavy atom. The largest absolute Gasteiger partial charge is 0.328 e. The van der Waals surface area contributed by atoms with Crippen molar-refractivity contribution in [2.24, 2.45) is 0 Å². The van der Waals surface area contributed by atoms with Crippen molar-refractivity contribution >= 4 is 11.5 Å². The van der Waals surface area contributed by atoms with Crippen molar-refractivity contribution in [3.63, 3.8) is 0 Å². The summed E-state index contributed by atoms with van der Waals surface area (Å²) in [6.45, 7) is 2.78. The van der Waals surface area contributed by atoms with Crippen molar-refractivity contribution in [2.75, 3.05) is 11.4 Å². The van der Waals surface area contributed by atoms with Gasteiger partial charge in [0.05, 0.1) is 18.1 Å². The third kappa shape index (κ3) is 1.52. The number of amidine groups is 1. The lowest BCUT2D eigenvalue weighted by atomic mass is 10.4. The predicted molar refractivity (Wildman–Crippen MR) is 51.1 cm³/mol. The molecular formula is C9H12N4. The zero-order valence-electron chi connectivity index (χ0n) is 7.62. The molecule has 1 saturated heterocycles. The topological polar surface area (TPSA) is 52.9 Å². The van der Waals surface area contributed by atoms with Crippen LogP contribution in [-0.4, -0.2) is 22.3 Å². The maximum absolute atomic E-state index is 7.67. The molecule has 2 rings (SSSR count). The van der Waals surface area contributed by atoms with E-state index in [0.717, 1.165) is 30.9 Å². The summed E-state index contributed by atoms with van der Waals surface area (Å²) in [5, 5.41) is 7.67. The number of nitrogens with one attached hydrogen (secondary N) is 1. The van der Waals surface area contributed by atoms with Gasteiger partial charge in [-0.25, -0.2) is 9.97 Å². The third-order valence-corrected chi connectivity index (χ3v) is 2.20. The van der Waals surface area contributed by atoms with E-state index in [1.807, 2.05) is 11.8 Å². The highest BCUT2D eigenvalue weighted by Gasteiger charge is 2.18. The van der Waals surface area contributed by atoms with Gasteiger partial charge in [0, 0.05) is 13.0 Å². The van der Waals surface area contributed by atoms with Gasteiger partial charge in [-0.15, -0.1) is 0 Å². The maximum Gasteiger partial charge on any atom is 0.125 e. The van der Waals surface area contributed by atoms with Gasteiger partial charge in [-0.3, -0.25) is 5.41 Å². The van der Waals surface area contributed by atoms with E-state index in [9.17, 15) is 0 Å². The van der Waals surface area contributed by atoms with E-state index < -0.39 is 0 Å². The molecule has 1 fully saturated rings. The molecule has 1 aliphatic heterocycles. The summed E-state index contributed by atoms with van der Waals surface area (Å²) >= 11 is 0. The number of rotatable bonds is 1. The van der Waals surface area contributed by atoms with Crippen molar-refractivity contribution < 1.29 is 0 Å². The first-order chi connectivity index (χ1) is 6.27. The fourth-order valence-corrected chi connectivity index (χ4v) is 1.48. The average Bonchev–Trinajstić information content (AvgIpc) is 2.53. The lowest BCUT2D eigenvalue weighted by Gasteiger charge is -2.16. The van der Waals surface area contributed by atoms with Crippen LogP contribution in [0.2, 0.25) is 0 Å². The van der Waals surface area contributed by atoms with Crippen LogP contribution in [0.15, 0.2) is 12.4 Å². The molecule has 13 heavy (non-hydrogen) atoms. The van der Waals surface area contributed by atoms with E-state index in [-0.39, 0.29) is 0 Å². The summed E-state index contributed by atoms with van der Waals surface area (Å²) in [6, 6.07) is 0. The van der Waals surface area contributed by atoms with E-state index in [0.29, 0.717) is 5.84 Å². The molecule has 1 aromatic rings. The van der Waals surface area contributed by atoms with Crippen LogP contribution < -0.4 is 4.90 Å². The normalized spacial score (nSPS) is 16.7. The molecular weight excluding hydrogens is 164 g/mol. The molecule has 1 aliphatic rings. The van der Waals surface area contributed by atoms with Crippen molar-refractivity contribution in [1.82, 2.24) is 9.97 Å². The molecule has 4 heteroatoms. The minimum absolute atomic E-state index is 0.674. The van der Waals surface area contributed by atoms with Crippen LogP contribution in [0.4, 0.5) is 5.69 Å². The molecule has 1 N–H and O–H groups in total. The molecule has 0 unspecified atom stereocenters. The van der Waals surface area contributed by atoms with E-state index in [2.05, 4.69) is 9.97 Å². The fraction of sp³-hybridized carbons (Fsp3) is 0.444. The predicted octanol–water partition coefficient (Wildman–Crippen LogP) is 1.36. The molecule has 0 aromatic carbocycles. The van der Waals surface area contributed by atoms with Crippen molar-refractivity contribution in [1.29, 1.82) is 5.41 Å². The second kappa shape index (κ2) is 3.12. The Hall–Kier alpha value is -1.45. The zero-order valence-corrected chi connectivity index (χ0v) is 7.62. The second-order valence-corrected chi connectivity index (χ2v) is 3.19. The summed E-state index contributed by atoms with van der Waals surface area (Å²) in [7, 11) is 0. The number of hydrogen-bond donors (Lipinski definition) is 1. The molecule has 68 valence electrons. The van der Waals surface area contributed by atoms with Gasteiger partial charge in [0.25, 0.3) is 0 Å². The number of aromatic nitrogens is 2. The summed E-state index contributed by atoms with van der Waals surface area (Å²) in [6.07, 6.45) is 5.49. The second-order valence-electron chi connectivity index (χ2n) is 3.19. The smallest absolute Gasteiger partial charge is 0.125 e. The van der Waals surface area contributed by atoms with Gasteiger partial charge >= 0.3 is 0 Å². The summed E-state index contributed by atoms with van der Waals surface area (Å²) in [4.78, 5) is 10.2. The summed E-state index contributed by atoms with van der Waals surface area (Å²) in [5.41, 5.74) is 0.938. The van der Waals surface area contributed by atoms with E-state index in [4.69, 9.17) is 5.41 Å². The van der Waals surface area contributed by atoms with Crippen LogP contribution in [-0.2, 0) is 0 Å². The molecule has 0 amide bonds. The quantitative estimate of drug-likeness (QED) is 0.703. The van der Waals surface area contributed by atoms with Crippen molar-refractivity contribution in [3.8, 4) is 0 Å². The standard InChI is InChI=1S/C9H12N4/c1-7-11-5-8(6-12-7)13-4-2-3-9(13)10/h5-6,10H,2-4H2,1H3. The van der Waals surface area contributed by atoms with Gasteiger partial charge in [0.1, 0.15) is 11.7 Å². The van der Waals surface area contributed by atoms with Gasteiger partial charge in [0.2, 0.25) is 0 Å². The van der Waals surface area contributed by atoms with Crippen LogP contribution in [0.25, 0.3) is 0 Å². The lowest BCUT2D eigenvalue weighted by molar-refractivity contribution is 0.943. The molecule has 0 aliphatic carbocycles. The maximum atomic E-state index is 7.67. The molecule has 0 saturated carbocycles. The van der Waals surface area contributed by atoms with Gasteiger partial charge in [0.15, 0.2) is 0 Å². The van der Waals surface area contributed by atoms with Gasteiger partial charge in [-0.2, -0.15) is 0 Å². The van der Waals surface area contributed by atoms with Crippen molar-refractivity contribution in [3.05, 3.63) is 18.2 Å². The van der Waals surface area contributed by atoms with Gasteiger partial charge in [-0.05, 0) is 13.3 Å². The minimum atomic E-state index is 0.674. The Bertz CT molecular complexity index is 317. The number of anilines is 1. The molecule has 1 aromatic heterocycles. The van der Waals surface area contributed by atoms with Crippen LogP contribution in [0, 0.1) is 12.3 Å². The molecule has 0 atom stereocenters. The Labute approximate surface area is 77.1 Å². The summed E-state index contributed by atoms with van der Waals surface area (Å²) < 4.78 is 0. The Balaban J connectivity index is 2.25. The SMILES string of the molecule is Cc1ncc(N2CCCC2=N)cn1. The first-order valence-corrected chi connectivity index (χ1v) is 4.41. The highest BCUT2D eigenvalue weighted by atomic mass is 15.2. The van der Waals surface area contributed by atoms with Crippen LogP contribution in [0.5, 0.6) is 0 Å². The van der Waals surface area contributed by atoms with E-state index in [1.54, 1.807) is 12.4 Å². The van der Waals surface area contributed by atoms with Gasteiger partial charge in [-0.1, -0.05) is 0 Å². The third-order valence-electron chi connectivity index (χ3n) is 2.20. The number of nitrogens with zero attached hydrogens (tertiary/aromatic N) is 3. The molecule has 0 spiro atoms. The highest BCUT2D eigenvalue weighted by Crippen LogP contribution is 2.19. The number of aryl methyl sites for hydroxylation is 1. The minimum Gasteiger partial charge on any atom is -0.328 e.